The number of fused-ring (bicyclic) bond motifs is 1. The fraction of sp³-hybridized carbons (Fsp3) is 0.500. The molecule has 38 heavy (non-hydrogen) atoms. The molecule has 2 aromatic carbocycles. The van der Waals surface area contributed by atoms with Crippen molar-refractivity contribution < 1.29 is 33.0 Å². The van der Waals surface area contributed by atoms with Crippen molar-refractivity contribution in [1.29, 1.82) is 0 Å². The molecule has 0 amide bonds. The van der Waals surface area contributed by atoms with E-state index in [4.69, 9.17) is 14.9 Å². The normalized spacial score (nSPS) is 18.0. The lowest BCUT2D eigenvalue weighted by molar-refractivity contribution is -0.139. The predicted molar refractivity (Wildman–Crippen MR) is 146 cm³/mol. The quantitative estimate of drug-likeness (QED) is 0.309. The molecule has 0 spiro atoms. The van der Waals surface area contributed by atoms with E-state index in [0.29, 0.717) is 29.8 Å². The third-order valence-electron chi connectivity index (χ3n) is 6.69. The number of rotatable bonds is 12. The highest BCUT2D eigenvalue weighted by Crippen LogP contribution is 2.34. The van der Waals surface area contributed by atoms with Crippen molar-refractivity contribution in [3.8, 4) is 5.75 Å². The molecule has 0 unspecified atom stereocenters. The number of methoxy groups -OCH3 is 1. The highest BCUT2D eigenvalue weighted by Gasteiger charge is 2.38. The maximum atomic E-state index is 13.4. The second-order valence-corrected chi connectivity index (χ2v) is 11.5. The number of carboxylic acids is 2. The van der Waals surface area contributed by atoms with Gasteiger partial charge in [0.05, 0.1) is 30.6 Å². The van der Waals surface area contributed by atoms with Crippen LogP contribution in [0.4, 0.5) is 0 Å². The number of hydrogen-bond acceptors (Lipinski definition) is 7. The molecule has 10 heteroatoms. The molecule has 2 aromatic rings. The van der Waals surface area contributed by atoms with Gasteiger partial charge >= 0.3 is 11.9 Å². The van der Waals surface area contributed by atoms with Crippen LogP contribution in [-0.2, 0) is 32.5 Å². The van der Waals surface area contributed by atoms with Gasteiger partial charge in [-0.15, -0.1) is 0 Å². The lowest BCUT2D eigenvalue weighted by Gasteiger charge is -2.32. The highest BCUT2D eigenvalue weighted by atomic mass is 32.2. The Hall–Kier alpha value is -2.95. The van der Waals surface area contributed by atoms with Crippen molar-refractivity contribution in [2.45, 2.75) is 81.9 Å². The predicted octanol–water partition coefficient (Wildman–Crippen LogP) is 4.01. The van der Waals surface area contributed by atoms with Crippen LogP contribution < -0.4 is 15.4 Å². The Balaban J connectivity index is 0.000000739. The van der Waals surface area contributed by atoms with Crippen molar-refractivity contribution in [2.24, 2.45) is 0 Å². The third kappa shape index (κ3) is 9.41. The van der Waals surface area contributed by atoms with E-state index in [0.717, 1.165) is 19.3 Å². The lowest BCUT2D eigenvalue weighted by Crippen LogP contribution is -2.48. The minimum atomic E-state index is -3.59. The van der Waals surface area contributed by atoms with E-state index in [1.807, 2.05) is 43.3 Å². The van der Waals surface area contributed by atoms with E-state index < -0.39 is 33.4 Å². The summed E-state index contributed by atoms with van der Waals surface area (Å²) < 4.78 is 32.2. The summed E-state index contributed by atoms with van der Waals surface area (Å²) in [5.74, 6) is -1.76. The number of hydrogen-bond donors (Lipinski definition) is 4. The van der Waals surface area contributed by atoms with Crippen LogP contribution >= 0.6 is 0 Å². The minimum absolute atomic E-state index is 0.00332. The number of aliphatic carboxylic acids is 2. The Morgan fingerprint density at radius 1 is 1.05 bits per heavy atom. The van der Waals surface area contributed by atoms with Crippen LogP contribution in [0.2, 0.25) is 0 Å². The minimum Gasteiger partial charge on any atom is -0.496 e. The molecule has 9 nitrogen and oxygen atoms in total. The van der Waals surface area contributed by atoms with Crippen LogP contribution in [0.5, 0.6) is 5.75 Å². The van der Waals surface area contributed by atoms with Crippen LogP contribution in [0.3, 0.4) is 0 Å². The molecule has 1 atom stereocenters. The Morgan fingerprint density at radius 2 is 1.63 bits per heavy atom. The summed E-state index contributed by atoms with van der Waals surface area (Å²) in [7, 11) is -2.11. The number of ether oxygens (including phenoxy) is 1. The lowest BCUT2D eigenvalue weighted by atomic mass is 9.91. The van der Waals surface area contributed by atoms with Crippen molar-refractivity contribution in [3.05, 3.63) is 59.7 Å². The second-order valence-electron chi connectivity index (χ2n) is 9.55. The Morgan fingerprint density at radius 3 is 2.11 bits per heavy atom. The van der Waals surface area contributed by atoms with E-state index in [1.54, 1.807) is 12.1 Å². The summed E-state index contributed by atoms with van der Waals surface area (Å²) in [5, 5.41) is 24.5. The van der Waals surface area contributed by atoms with Crippen molar-refractivity contribution in [1.82, 2.24) is 10.6 Å². The van der Waals surface area contributed by atoms with Crippen LogP contribution in [0.25, 0.3) is 0 Å². The number of carbonyl (C=O) groups is 2. The SMILES string of the molecule is CCCC[C@]1(CC)CS(=O)(=O)c2cc(CNC(CC(=O)O)CC(=O)O)c(OC)cc2CN1.c1ccccc1. The molecule has 0 radical (unpaired) electrons. The van der Waals surface area contributed by atoms with Gasteiger partial charge in [-0.05, 0) is 30.5 Å². The monoisotopic (exact) mass is 548 g/mol. The molecule has 3 rings (SSSR count). The van der Waals surface area contributed by atoms with E-state index in [2.05, 4.69) is 17.6 Å². The van der Waals surface area contributed by atoms with E-state index in [9.17, 15) is 18.0 Å². The zero-order valence-electron chi connectivity index (χ0n) is 22.4. The zero-order valence-corrected chi connectivity index (χ0v) is 23.2. The maximum Gasteiger partial charge on any atom is 0.304 e. The van der Waals surface area contributed by atoms with Gasteiger partial charge in [0.2, 0.25) is 0 Å². The van der Waals surface area contributed by atoms with Gasteiger partial charge in [-0.25, -0.2) is 8.42 Å². The van der Waals surface area contributed by atoms with Crippen molar-refractivity contribution in [2.75, 3.05) is 12.9 Å². The molecule has 0 fully saturated rings. The van der Waals surface area contributed by atoms with E-state index in [1.165, 1.54) is 7.11 Å². The van der Waals surface area contributed by atoms with E-state index in [-0.39, 0.29) is 30.0 Å². The van der Waals surface area contributed by atoms with Gasteiger partial charge in [0.15, 0.2) is 9.84 Å². The summed E-state index contributed by atoms with van der Waals surface area (Å²) in [5.41, 5.74) is 0.673. The molecule has 210 valence electrons. The first-order valence-corrected chi connectivity index (χ1v) is 14.6. The third-order valence-corrected chi connectivity index (χ3v) is 8.68. The molecule has 1 aliphatic rings. The van der Waals surface area contributed by atoms with Crippen molar-refractivity contribution in [3.63, 3.8) is 0 Å². The summed E-state index contributed by atoms with van der Waals surface area (Å²) in [6.07, 6.45) is 2.65. The number of unbranched alkanes of at least 4 members (excludes halogenated alkanes) is 1. The highest BCUT2D eigenvalue weighted by molar-refractivity contribution is 7.91. The van der Waals surface area contributed by atoms with Crippen LogP contribution in [-0.4, -0.2) is 55.0 Å². The van der Waals surface area contributed by atoms with Gasteiger partial charge in [0, 0.05) is 30.2 Å². The first-order valence-electron chi connectivity index (χ1n) is 12.9. The number of sulfone groups is 1. The average molecular weight is 549 g/mol. The average Bonchev–Trinajstić information content (AvgIpc) is 2.99. The summed E-state index contributed by atoms with van der Waals surface area (Å²) in [6.45, 7) is 4.56. The number of carboxylic acid groups (broad SMARTS) is 2. The van der Waals surface area contributed by atoms with Gasteiger partial charge in [0.1, 0.15) is 5.75 Å². The van der Waals surface area contributed by atoms with Crippen LogP contribution in [0.1, 0.15) is 63.5 Å². The fourth-order valence-corrected chi connectivity index (χ4v) is 6.72. The molecular weight excluding hydrogens is 508 g/mol. The topological polar surface area (TPSA) is 142 Å². The first kappa shape index (κ1) is 31.3. The maximum absolute atomic E-state index is 13.4. The molecule has 0 saturated carbocycles. The van der Waals surface area contributed by atoms with Crippen LogP contribution in [0.15, 0.2) is 53.4 Å². The molecule has 4 N–H and O–H groups in total. The molecule has 0 aromatic heterocycles. The van der Waals surface area contributed by atoms with Gasteiger partial charge in [-0.1, -0.05) is 63.1 Å². The molecular formula is C28H40N2O7S. The summed E-state index contributed by atoms with van der Waals surface area (Å²) in [6, 6.07) is 14.5. The molecule has 1 aliphatic heterocycles. The van der Waals surface area contributed by atoms with Crippen LogP contribution in [0, 0.1) is 0 Å². The zero-order chi connectivity index (χ0) is 28.2. The molecule has 0 aliphatic carbocycles. The summed E-state index contributed by atoms with van der Waals surface area (Å²) in [4.78, 5) is 22.4. The van der Waals surface area contributed by atoms with Gasteiger partial charge in [0.25, 0.3) is 0 Å². The van der Waals surface area contributed by atoms with Crippen molar-refractivity contribution >= 4 is 21.8 Å². The van der Waals surface area contributed by atoms with Gasteiger partial charge < -0.3 is 25.6 Å². The summed E-state index contributed by atoms with van der Waals surface area (Å²) >= 11 is 0. The fourth-order valence-electron chi connectivity index (χ4n) is 4.53. The second kappa shape index (κ2) is 14.8. The van der Waals surface area contributed by atoms with E-state index >= 15 is 0 Å². The molecule has 0 bridgehead atoms. The number of benzene rings is 2. The standard InChI is InChI=1S/C22H34N2O7S.C6H6/c1-4-6-7-22(5-2)14-32(29,30)19-9-15(18(31-3)8-16(19)13-24-22)12-23-17(10-20(25)26)11-21(27)28;1-2-4-6-5-3-1/h8-9,17,23-24H,4-7,10-14H2,1-3H3,(H,25,26)(H,27,28);1-6H/t22-;/m1./s1. The molecule has 0 saturated heterocycles. The Bertz CT molecular complexity index is 1110. The smallest absolute Gasteiger partial charge is 0.304 e. The number of nitrogens with one attached hydrogen (secondary N) is 2. The Kier molecular flexibility index (Phi) is 12.2. The van der Waals surface area contributed by atoms with Gasteiger partial charge in [-0.3, -0.25) is 9.59 Å². The largest absolute Gasteiger partial charge is 0.496 e. The Labute approximate surface area is 225 Å². The first-order chi connectivity index (χ1) is 18.1. The molecule has 1 heterocycles. The van der Waals surface area contributed by atoms with Gasteiger partial charge in [-0.2, -0.15) is 0 Å².